The molecule has 19 heavy (non-hydrogen) atoms. The van der Waals surface area contributed by atoms with E-state index in [9.17, 15) is 0 Å². The Morgan fingerprint density at radius 2 is 2.11 bits per heavy atom. The third kappa shape index (κ3) is 2.65. The molecular formula is C14H16ClN3S. The van der Waals surface area contributed by atoms with Gasteiger partial charge in [0.1, 0.15) is 5.82 Å². The molecule has 2 aromatic rings. The summed E-state index contributed by atoms with van der Waals surface area (Å²) in [7, 11) is 0. The number of rotatable bonds is 3. The quantitative estimate of drug-likeness (QED) is 0.869. The van der Waals surface area contributed by atoms with Crippen molar-refractivity contribution >= 4 is 40.1 Å². The first kappa shape index (κ1) is 13.0. The summed E-state index contributed by atoms with van der Waals surface area (Å²) in [5, 5.41) is 5.57. The lowest BCUT2D eigenvalue weighted by Gasteiger charge is -2.20. The van der Waals surface area contributed by atoms with Gasteiger partial charge in [-0.05, 0) is 42.8 Å². The third-order valence-electron chi connectivity index (χ3n) is 3.65. The van der Waals surface area contributed by atoms with Crippen LogP contribution in [0.4, 0.5) is 5.82 Å². The van der Waals surface area contributed by atoms with Gasteiger partial charge in [-0.25, -0.2) is 9.97 Å². The minimum Gasteiger partial charge on any atom is -0.366 e. The Kier molecular flexibility index (Phi) is 3.80. The number of para-hydroxylation sites is 1. The van der Waals surface area contributed by atoms with E-state index < -0.39 is 0 Å². The number of benzene rings is 1. The maximum atomic E-state index is 6.01. The largest absolute Gasteiger partial charge is 0.366 e. The van der Waals surface area contributed by atoms with Gasteiger partial charge in [0.25, 0.3) is 0 Å². The molecule has 3 rings (SSSR count). The fourth-order valence-corrected chi connectivity index (χ4v) is 3.82. The number of halogens is 1. The van der Waals surface area contributed by atoms with Gasteiger partial charge in [-0.3, -0.25) is 0 Å². The molecule has 5 heteroatoms. The first-order valence-corrected chi connectivity index (χ1v) is 8.16. The lowest BCUT2D eigenvalue weighted by atomic mass is 10.2. The summed E-state index contributed by atoms with van der Waals surface area (Å²) in [6.07, 6.45) is 5.92. The van der Waals surface area contributed by atoms with E-state index in [1.165, 1.54) is 19.3 Å². The van der Waals surface area contributed by atoms with Gasteiger partial charge in [0, 0.05) is 16.7 Å². The van der Waals surface area contributed by atoms with Crippen molar-refractivity contribution in [3.63, 3.8) is 0 Å². The number of hydrogen-bond acceptors (Lipinski definition) is 4. The van der Waals surface area contributed by atoms with E-state index in [1.807, 2.05) is 36.0 Å². The summed E-state index contributed by atoms with van der Waals surface area (Å²) >= 11 is 7.94. The van der Waals surface area contributed by atoms with E-state index in [0.717, 1.165) is 16.7 Å². The first-order chi connectivity index (χ1) is 9.28. The summed E-state index contributed by atoms with van der Waals surface area (Å²) < 4.78 is 0. The Morgan fingerprint density at radius 1 is 1.26 bits per heavy atom. The van der Waals surface area contributed by atoms with Crippen molar-refractivity contribution in [3.8, 4) is 0 Å². The molecule has 1 aliphatic carbocycles. The number of thioether (sulfide) groups is 1. The smallest absolute Gasteiger partial charge is 0.224 e. The Labute approximate surface area is 122 Å². The highest BCUT2D eigenvalue weighted by atomic mass is 35.5. The predicted octanol–water partition coefficient (Wildman–Crippen LogP) is 3.98. The van der Waals surface area contributed by atoms with Crippen LogP contribution in [0.2, 0.25) is 5.28 Å². The second-order valence-electron chi connectivity index (χ2n) is 4.81. The van der Waals surface area contributed by atoms with Crippen molar-refractivity contribution in [1.29, 1.82) is 0 Å². The molecule has 0 bridgehead atoms. The molecule has 0 amide bonds. The van der Waals surface area contributed by atoms with Crippen molar-refractivity contribution in [2.75, 3.05) is 11.6 Å². The minimum absolute atomic E-state index is 0.305. The topological polar surface area (TPSA) is 37.8 Å². The highest BCUT2D eigenvalue weighted by Gasteiger charge is 2.27. The fourth-order valence-electron chi connectivity index (χ4n) is 2.71. The Bertz CT molecular complexity index is 590. The van der Waals surface area contributed by atoms with Crippen molar-refractivity contribution in [2.24, 2.45) is 0 Å². The van der Waals surface area contributed by atoms with Crippen LogP contribution in [-0.2, 0) is 0 Å². The summed E-state index contributed by atoms with van der Waals surface area (Å²) in [4.78, 5) is 8.63. The summed E-state index contributed by atoms with van der Waals surface area (Å²) in [5.41, 5.74) is 0.892. The van der Waals surface area contributed by atoms with Crippen molar-refractivity contribution in [1.82, 2.24) is 9.97 Å². The lowest BCUT2D eigenvalue weighted by molar-refractivity contribution is 0.764. The molecule has 2 atom stereocenters. The van der Waals surface area contributed by atoms with Crippen LogP contribution in [0.3, 0.4) is 0 Å². The van der Waals surface area contributed by atoms with Crippen molar-refractivity contribution in [3.05, 3.63) is 29.5 Å². The predicted molar refractivity (Wildman–Crippen MR) is 83.1 cm³/mol. The summed E-state index contributed by atoms with van der Waals surface area (Å²) in [6, 6.07) is 8.46. The Hall–Kier alpha value is -1.00. The van der Waals surface area contributed by atoms with Crippen LogP contribution in [0.15, 0.2) is 24.3 Å². The van der Waals surface area contributed by atoms with Crippen LogP contribution in [0, 0.1) is 0 Å². The second-order valence-corrected chi connectivity index (χ2v) is 6.23. The van der Waals surface area contributed by atoms with Gasteiger partial charge in [0.2, 0.25) is 5.28 Å². The second kappa shape index (κ2) is 5.55. The highest BCUT2D eigenvalue weighted by Crippen LogP contribution is 2.32. The molecule has 3 nitrogen and oxygen atoms in total. The zero-order chi connectivity index (χ0) is 13.2. The van der Waals surface area contributed by atoms with Gasteiger partial charge in [0.05, 0.1) is 5.52 Å². The molecule has 1 saturated carbocycles. The van der Waals surface area contributed by atoms with E-state index in [2.05, 4.69) is 21.5 Å². The average Bonchev–Trinajstić information content (AvgIpc) is 2.86. The maximum Gasteiger partial charge on any atom is 0.224 e. The number of hydrogen-bond donors (Lipinski definition) is 1. The van der Waals surface area contributed by atoms with Gasteiger partial charge in [-0.1, -0.05) is 18.6 Å². The van der Waals surface area contributed by atoms with Crippen LogP contribution in [0.25, 0.3) is 10.9 Å². The molecule has 1 fully saturated rings. The molecule has 0 spiro atoms. The molecule has 2 unspecified atom stereocenters. The SMILES string of the molecule is CSC1CCCC1Nc1nc(Cl)nc2ccccc12. The molecule has 1 aromatic heterocycles. The number of nitrogens with one attached hydrogen (secondary N) is 1. The highest BCUT2D eigenvalue weighted by molar-refractivity contribution is 7.99. The van der Waals surface area contributed by atoms with E-state index in [0.29, 0.717) is 16.6 Å². The molecule has 0 saturated heterocycles. The van der Waals surface area contributed by atoms with Gasteiger partial charge < -0.3 is 5.32 Å². The molecular weight excluding hydrogens is 278 g/mol. The number of nitrogens with zero attached hydrogens (tertiary/aromatic N) is 2. The third-order valence-corrected chi connectivity index (χ3v) is 4.99. The van der Waals surface area contributed by atoms with Gasteiger partial charge in [0.15, 0.2) is 0 Å². The number of aromatic nitrogens is 2. The fraction of sp³-hybridized carbons (Fsp3) is 0.429. The van der Waals surface area contributed by atoms with Crippen LogP contribution in [-0.4, -0.2) is 27.5 Å². The lowest BCUT2D eigenvalue weighted by Crippen LogP contribution is -2.26. The van der Waals surface area contributed by atoms with Gasteiger partial charge in [-0.2, -0.15) is 11.8 Å². The van der Waals surface area contributed by atoms with E-state index >= 15 is 0 Å². The van der Waals surface area contributed by atoms with Crippen LogP contribution in [0.1, 0.15) is 19.3 Å². The van der Waals surface area contributed by atoms with Gasteiger partial charge >= 0.3 is 0 Å². The minimum atomic E-state index is 0.305. The summed E-state index contributed by atoms with van der Waals surface area (Å²) in [6.45, 7) is 0. The first-order valence-electron chi connectivity index (χ1n) is 6.49. The van der Waals surface area contributed by atoms with Crippen molar-refractivity contribution in [2.45, 2.75) is 30.6 Å². The molecule has 100 valence electrons. The van der Waals surface area contributed by atoms with E-state index in [-0.39, 0.29) is 0 Å². The molecule has 1 aromatic carbocycles. The molecule has 0 aliphatic heterocycles. The zero-order valence-corrected chi connectivity index (χ0v) is 12.3. The van der Waals surface area contributed by atoms with Crippen molar-refractivity contribution < 1.29 is 0 Å². The Balaban J connectivity index is 1.96. The van der Waals surface area contributed by atoms with E-state index in [1.54, 1.807) is 0 Å². The monoisotopic (exact) mass is 293 g/mol. The normalized spacial score (nSPS) is 22.8. The molecule has 0 radical (unpaired) electrons. The maximum absolute atomic E-state index is 6.01. The standard InChI is InChI=1S/C14H16ClN3S/c1-19-12-8-4-7-11(12)16-13-9-5-2-3-6-10(9)17-14(15)18-13/h2-3,5-6,11-12H,4,7-8H2,1H3,(H,16,17,18). The zero-order valence-electron chi connectivity index (χ0n) is 10.8. The Morgan fingerprint density at radius 3 is 2.95 bits per heavy atom. The molecule has 1 heterocycles. The average molecular weight is 294 g/mol. The van der Waals surface area contributed by atoms with Gasteiger partial charge in [-0.15, -0.1) is 0 Å². The van der Waals surface area contributed by atoms with Crippen LogP contribution >= 0.6 is 23.4 Å². The number of anilines is 1. The summed E-state index contributed by atoms with van der Waals surface area (Å²) in [5.74, 6) is 0.863. The van der Waals surface area contributed by atoms with Crippen LogP contribution in [0.5, 0.6) is 0 Å². The number of fused-ring (bicyclic) bond motifs is 1. The molecule has 1 N–H and O–H groups in total. The molecule has 1 aliphatic rings. The van der Waals surface area contributed by atoms with E-state index in [4.69, 9.17) is 11.6 Å². The van der Waals surface area contributed by atoms with Crippen LogP contribution < -0.4 is 5.32 Å².